The van der Waals surface area contributed by atoms with E-state index >= 15 is 0 Å². The van der Waals surface area contributed by atoms with Crippen LogP contribution in [0.5, 0.6) is 0 Å². The third-order valence-corrected chi connectivity index (χ3v) is 3.47. The van der Waals surface area contributed by atoms with Crippen molar-refractivity contribution in [2.75, 3.05) is 18.4 Å². The van der Waals surface area contributed by atoms with Gasteiger partial charge in [0.2, 0.25) is 0 Å². The highest BCUT2D eigenvalue weighted by atomic mass is 15.2. The number of nitrogens with zero attached hydrogens (tertiary/aromatic N) is 2. The lowest BCUT2D eigenvalue weighted by Gasteiger charge is -2.33. The molecule has 1 saturated heterocycles. The van der Waals surface area contributed by atoms with Gasteiger partial charge in [-0.25, -0.2) is 4.98 Å². The van der Waals surface area contributed by atoms with Crippen molar-refractivity contribution in [1.29, 1.82) is 0 Å². The fraction of sp³-hybridized carbons (Fsp3) is 0.643. The van der Waals surface area contributed by atoms with Crippen LogP contribution in [0.15, 0.2) is 18.2 Å². The van der Waals surface area contributed by atoms with Crippen LogP contribution in [-0.4, -0.2) is 29.0 Å². The average molecular weight is 233 g/mol. The lowest BCUT2D eigenvalue weighted by Crippen LogP contribution is -2.36. The Morgan fingerprint density at radius 3 is 3.06 bits per heavy atom. The van der Waals surface area contributed by atoms with E-state index in [1.54, 1.807) is 0 Å². The molecule has 1 fully saturated rings. The van der Waals surface area contributed by atoms with Gasteiger partial charge in [0.1, 0.15) is 5.82 Å². The average Bonchev–Trinajstić information content (AvgIpc) is 2.33. The fourth-order valence-electron chi connectivity index (χ4n) is 2.45. The lowest BCUT2D eigenvalue weighted by atomic mass is 10.0. The number of likely N-dealkylation sites (tertiary alicyclic amines) is 1. The first-order valence-corrected chi connectivity index (χ1v) is 6.73. The Kier molecular flexibility index (Phi) is 4.37. The second kappa shape index (κ2) is 6.01. The Bertz CT molecular complexity index is 351. The zero-order chi connectivity index (χ0) is 12.1. The molecule has 0 aromatic carbocycles. The predicted molar refractivity (Wildman–Crippen MR) is 72.1 cm³/mol. The summed E-state index contributed by atoms with van der Waals surface area (Å²) in [7, 11) is 0. The largest absolute Gasteiger partial charge is 0.370 e. The summed E-state index contributed by atoms with van der Waals surface area (Å²) in [6.07, 6.45) is 4.03. The number of hydrogen-bond donors (Lipinski definition) is 1. The first-order valence-electron chi connectivity index (χ1n) is 6.73. The maximum atomic E-state index is 4.64. The maximum Gasteiger partial charge on any atom is 0.126 e. The van der Waals surface area contributed by atoms with Crippen LogP contribution in [-0.2, 0) is 6.54 Å². The van der Waals surface area contributed by atoms with Crippen LogP contribution in [0, 0.1) is 0 Å². The SMILES string of the molecule is CCNc1cccc(CN2CCCCC2C)n1. The first-order chi connectivity index (χ1) is 8.29. The summed E-state index contributed by atoms with van der Waals surface area (Å²) in [6.45, 7) is 7.56. The maximum absolute atomic E-state index is 4.64. The normalized spacial score (nSPS) is 21.4. The van der Waals surface area contributed by atoms with Crippen LogP contribution in [0.3, 0.4) is 0 Å². The lowest BCUT2D eigenvalue weighted by molar-refractivity contribution is 0.151. The zero-order valence-electron chi connectivity index (χ0n) is 10.9. The molecular weight excluding hydrogens is 210 g/mol. The Hall–Kier alpha value is -1.09. The number of anilines is 1. The van der Waals surface area contributed by atoms with Gasteiger partial charge in [0.15, 0.2) is 0 Å². The molecule has 2 rings (SSSR count). The Labute approximate surface area is 104 Å². The van der Waals surface area contributed by atoms with Gasteiger partial charge in [0, 0.05) is 19.1 Å². The molecule has 0 radical (unpaired) electrons. The van der Waals surface area contributed by atoms with Crippen LogP contribution in [0.25, 0.3) is 0 Å². The summed E-state index contributed by atoms with van der Waals surface area (Å²) in [6, 6.07) is 6.96. The summed E-state index contributed by atoms with van der Waals surface area (Å²) >= 11 is 0. The highest BCUT2D eigenvalue weighted by Gasteiger charge is 2.18. The number of piperidine rings is 1. The van der Waals surface area contributed by atoms with Gasteiger partial charge in [-0.05, 0) is 45.4 Å². The molecule has 0 aliphatic carbocycles. The fourth-order valence-corrected chi connectivity index (χ4v) is 2.45. The van der Waals surface area contributed by atoms with Crippen molar-refractivity contribution in [2.45, 2.75) is 45.7 Å². The molecule has 1 aliphatic rings. The van der Waals surface area contributed by atoms with Gasteiger partial charge in [0.05, 0.1) is 5.69 Å². The minimum absolute atomic E-state index is 0.702. The molecule has 1 aromatic rings. The van der Waals surface area contributed by atoms with Crippen LogP contribution < -0.4 is 5.32 Å². The first kappa shape index (κ1) is 12.4. The smallest absolute Gasteiger partial charge is 0.126 e. The van der Waals surface area contributed by atoms with Gasteiger partial charge in [-0.3, -0.25) is 4.90 Å². The second-order valence-corrected chi connectivity index (χ2v) is 4.86. The van der Waals surface area contributed by atoms with Crippen molar-refractivity contribution in [2.24, 2.45) is 0 Å². The molecule has 1 aromatic heterocycles. The summed E-state index contributed by atoms with van der Waals surface area (Å²) in [5.41, 5.74) is 1.18. The van der Waals surface area contributed by atoms with Crippen molar-refractivity contribution < 1.29 is 0 Å². The van der Waals surface area contributed by atoms with Gasteiger partial charge in [-0.1, -0.05) is 12.5 Å². The van der Waals surface area contributed by atoms with Gasteiger partial charge < -0.3 is 5.32 Å². The predicted octanol–water partition coefficient (Wildman–Crippen LogP) is 2.89. The van der Waals surface area contributed by atoms with E-state index in [0.717, 1.165) is 18.9 Å². The molecule has 17 heavy (non-hydrogen) atoms. The number of hydrogen-bond acceptors (Lipinski definition) is 3. The molecule has 3 heteroatoms. The van der Waals surface area contributed by atoms with E-state index in [1.165, 1.54) is 31.5 Å². The van der Waals surface area contributed by atoms with Gasteiger partial charge >= 0.3 is 0 Å². The molecule has 1 N–H and O–H groups in total. The molecular formula is C14H23N3. The van der Waals surface area contributed by atoms with E-state index in [2.05, 4.69) is 41.2 Å². The third kappa shape index (κ3) is 3.43. The van der Waals surface area contributed by atoms with E-state index in [-0.39, 0.29) is 0 Å². The van der Waals surface area contributed by atoms with Crippen LogP contribution >= 0.6 is 0 Å². The molecule has 0 amide bonds. The van der Waals surface area contributed by atoms with E-state index in [1.807, 2.05) is 6.07 Å². The van der Waals surface area contributed by atoms with Crippen LogP contribution in [0.4, 0.5) is 5.82 Å². The molecule has 0 saturated carbocycles. The highest BCUT2D eigenvalue weighted by molar-refractivity contribution is 5.34. The van der Waals surface area contributed by atoms with Crippen molar-refractivity contribution in [3.63, 3.8) is 0 Å². The molecule has 1 atom stereocenters. The number of rotatable bonds is 4. The van der Waals surface area contributed by atoms with Gasteiger partial charge in [-0.2, -0.15) is 0 Å². The van der Waals surface area contributed by atoms with Gasteiger partial charge in [0.25, 0.3) is 0 Å². The third-order valence-electron chi connectivity index (χ3n) is 3.47. The van der Waals surface area contributed by atoms with Crippen molar-refractivity contribution in [1.82, 2.24) is 9.88 Å². The highest BCUT2D eigenvalue weighted by Crippen LogP contribution is 2.18. The quantitative estimate of drug-likeness (QED) is 0.866. The Morgan fingerprint density at radius 2 is 2.29 bits per heavy atom. The molecule has 3 nitrogen and oxygen atoms in total. The monoisotopic (exact) mass is 233 g/mol. The molecule has 1 unspecified atom stereocenters. The zero-order valence-corrected chi connectivity index (χ0v) is 10.9. The number of pyridine rings is 1. The van der Waals surface area contributed by atoms with E-state index in [0.29, 0.717) is 6.04 Å². The number of nitrogens with one attached hydrogen (secondary N) is 1. The van der Waals surface area contributed by atoms with Crippen LogP contribution in [0.2, 0.25) is 0 Å². The Morgan fingerprint density at radius 1 is 1.41 bits per heavy atom. The summed E-state index contributed by atoms with van der Waals surface area (Å²) in [5.74, 6) is 0.995. The van der Waals surface area contributed by atoms with E-state index in [9.17, 15) is 0 Å². The number of aromatic nitrogens is 1. The topological polar surface area (TPSA) is 28.2 Å². The van der Waals surface area contributed by atoms with Crippen molar-refractivity contribution in [3.8, 4) is 0 Å². The van der Waals surface area contributed by atoms with Gasteiger partial charge in [-0.15, -0.1) is 0 Å². The van der Waals surface area contributed by atoms with Crippen molar-refractivity contribution in [3.05, 3.63) is 23.9 Å². The summed E-state index contributed by atoms with van der Waals surface area (Å²) in [4.78, 5) is 7.18. The van der Waals surface area contributed by atoms with E-state index < -0.39 is 0 Å². The molecule has 0 spiro atoms. The minimum atomic E-state index is 0.702. The standard InChI is InChI=1S/C14H23N3/c1-3-15-14-9-6-8-13(16-14)11-17-10-5-4-7-12(17)2/h6,8-9,12H,3-5,7,10-11H2,1-2H3,(H,15,16). The summed E-state index contributed by atoms with van der Waals surface area (Å²) in [5, 5.41) is 3.27. The molecule has 0 bridgehead atoms. The molecule has 94 valence electrons. The van der Waals surface area contributed by atoms with Crippen molar-refractivity contribution >= 4 is 5.82 Å². The summed E-state index contributed by atoms with van der Waals surface area (Å²) < 4.78 is 0. The van der Waals surface area contributed by atoms with E-state index in [4.69, 9.17) is 0 Å². The van der Waals surface area contributed by atoms with Crippen LogP contribution in [0.1, 0.15) is 38.8 Å². The second-order valence-electron chi connectivity index (χ2n) is 4.86. The molecule has 1 aliphatic heterocycles. The minimum Gasteiger partial charge on any atom is -0.370 e. The Balaban J connectivity index is 1.99. The molecule has 2 heterocycles.